The third kappa shape index (κ3) is 3.77. The third-order valence-electron chi connectivity index (χ3n) is 3.50. The Morgan fingerprint density at radius 1 is 1.05 bits per heavy atom. The van der Waals surface area contributed by atoms with Crippen LogP contribution >= 0.6 is 0 Å². The number of hydrogen-bond acceptors (Lipinski definition) is 4. The fourth-order valence-electron chi connectivity index (χ4n) is 2.26. The lowest BCUT2D eigenvalue weighted by atomic mass is 10.2. The Balaban J connectivity index is 1.56. The summed E-state index contributed by atoms with van der Waals surface area (Å²) < 4.78 is 1.81. The molecule has 0 aliphatic rings. The quantitative estimate of drug-likeness (QED) is 0.700. The lowest BCUT2D eigenvalue weighted by Gasteiger charge is -2.14. The Morgan fingerprint density at radius 2 is 1.82 bits per heavy atom. The summed E-state index contributed by atoms with van der Waals surface area (Å²) in [5.41, 5.74) is 2.32. The van der Waals surface area contributed by atoms with E-state index in [2.05, 4.69) is 39.1 Å². The maximum Gasteiger partial charge on any atom is 0.164 e. The fourth-order valence-corrected chi connectivity index (χ4v) is 2.26. The molecule has 22 heavy (non-hydrogen) atoms. The van der Waals surface area contributed by atoms with E-state index in [0.29, 0.717) is 0 Å². The molecule has 0 radical (unpaired) electrons. The van der Waals surface area contributed by atoms with Gasteiger partial charge in [0.25, 0.3) is 0 Å². The van der Waals surface area contributed by atoms with Crippen molar-refractivity contribution >= 4 is 0 Å². The average molecular weight is 293 g/mol. The first-order valence-electron chi connectivity index (χ1n) is 7.35. The second-order valence-corrected chi connectivity index (χ2v) is 5.28. The Labute approximate surface area is 130 Å². The SMILES string of the molecule is CN(CCc1ccncc1)Cc1ncn(-c2ccccc2)n1. The maximum absolute atomic E-state index is 4.53. The molecule has 0 aliphatic heterocycles. The molecule has 0 saturated heterocycles. The highest BCUT2D eigenvalue weighted by Gasteiger charge is 2.06. The van der Waals surface area contributed by atoms with Crippen LogP contribution in [0.1, 0.15) is 11.4 Å². The molecule has 5 heteroatoms. The fraction of sp³-hybridized carbons (Fsp3) is 0.235. The second-order valence-electron chi connectivity index (χ2n) is 5.28. The number of pyridine rings is 1. The minimum absolute atomic E-state index is 0.741. The molecule has 0 saturated carbocycles. The molecule has 3 rings (SSSR count). The smallest absolute Gasteiger partial charge is 0.164 e. The Kier molecular flexibility index (Phi) is 4.56. The van der Waals surface area contributed by atoms with Gasteiger partial charge in [-0.25, -0.2) is 9.67 Å². The molecule has 0 amide bonds. The largest absolute Gasteiger partial charge is 0.299 e. The van der Waals surface area contributed by atoms with E-state index in [1.54, 1.807) is 6.33 Å². The molecule has 1 aromatic carbocycles. The average Bonchev–Trinajstić information content (AvgIpc) is 3.03. The van der Waals surface area contributed by atoms with Crippen LogP contribution in [-0.2, 0) is 13.0 Å². The predicted octanol–water partition coefficient (Wildman–Crippen LogP) is 2.34. The van der Waals surface area contributed by atoms with Crippen LogP contribution in [0, 0.1) is 0 Å². The van der Waals surface area contributed by atoms with Crippen molar-refractivity contribution in [1.82, 2.24) is 24.6 Å². The van der Waals surface area contributed by atoms with E-state index in [4.69, 9.17) is 0 Å². The Hall–Kier alpha value is -2.53. The first-order valence-corrected chi connectivity index (χ1v) is 7.35. The lowest BCUT2D eigenvalue weighted by molar-refractivity contribution is 0.322. The zero-order valence-electron chi connectivity index (χ0n) is 12.6. The number of hydrogen-bond donors (Lipinski definition) is 0. The number of aromatic nitrogens is 4. The van der Waals surface area contributed by atoms with E-state index in [9.17, 15) is 0 Å². The highest BCUT2D eigenvalue weighted by atomic mass is 15.3. The van der Waals surface area contributed by atoms with Crippen molar-refractivity contribution in [3.63, 3.8) is 0 Å². The van der Waals surface area contributed by atoms with Gasteiger partial charge in [-0.05, 0) is 43.3 Å². The molecular weight excluding hydrogens is 274 g/mol. The van der Waals surface area contributed by atoms with Crippen LogP contribution < -0.4 is 0 Å². The van der Waals surface area contributed by atoms with Crippen LogP contribution in [0.5, 0.6) is 0 Å². The van der Waals surface area contributed by atoms with Crippen molar-refractivity contribution in [3.8, 4) is 5.69 Å². The van der Waals surface area contributed by atoms with E-state index in [-0.39, 0.29) is 0 Å². The van der Waals surface area contributed by atoms with Gasteiger partial charge in [-0.1, -0.05) is 18.2 Å². The highest BCUT2D eigenvalue weighted by molar-refractivity contribution is 5.29. The van der Waals surface area contributed by atoms with E-state index in [1.165, 1.54) is 5.56 Å². The highest BCUT2D eigenvalue weighted by Crippen LogP contribution is 2.06. The van der Waals surface area contributed by atoms with Crippen LogP contribution in [0.25, 0.3) is 5.69 Å². The van der Waals surface area contributed by atoms with Crippen LogP contribution in [0.15, 0.2) is 61.2 Å². The van der Waals surface area contributed by atoms with Gasteiger partial charge in [0.2, 0.25) is 0 Å². The zero-order chi connectivity index (χ0) is 15.2. The van der Waals surface area contributed by atoms with Gasteiger partial charge in [0.05, 0.1) is 12.2 Å². The van der Waals surface area contributed by atoms with Gasteiger partial charge in [0, 0.05) is 18.9 Å². The summed E-state index contributed by atoms with van der Waals surface area (Å²) in [6.45, 7) is 1.70. The van der Waals surface area contributed by atoms with Crippen molar-refractivity contribution in [1.29, 1.82) is 0 Å². The first kappa shape index (κ1) is 14.4. The van der Waals surface area contributed by atoms with Gasteiger partial charge in [0.15, 0.2) is 5.82 Å². The van der Waals surface area contributed by atoms with Crippen LogP contribution in [0.2, 0.25) is 0 Å². The standard InChI is InChI=1S/C17H19N5/c1-21(12-9-15-7-10-18-11-8-15)13-17-19-14-22(20-17)16-5-3-2-4-6-16/h2-8,10-11,14H,9,12-13H2,1H3. The third-order valence-corrected chi connectivity index (χ3v) is 3.50. The minimum atomic E-state index is 0.741. The van der Waals surface area contributed by atoms with Crippen molar-refractivity contribution in [2.45, 2.75) is 13.0 Å². The maximum atomic E-state index is 4.53. The minimum Gasteiger partial charge on any atom is -0.299 e. The molecule has 0 aliphatic carbocycles. The monoisotopic (exact) mass is 293 g/mol. The van der Waals surface area contributed by atoms with Gasteiger partial charge in [0.1, 0.15) is 6.33 Å². The molecule has 3 aromatic rings. The summed E-state index contributed by atoms with van der Waals surface area (Å²) in [6.07, 6.45) is 6.43. The topological polar surface area (TPSA) is 46.8 Å². The van der Waals surface area contributed by atoms with Gasteiger partial charge in [-0.15, -0.1) is 5.10 Å². The molecule has 0 unspecified atom stereocenters. The van der Waals surface area contributed by atoms with Gasteiger partial charge >= 0.3 is 0 Å². The van der Waals surface area contributed by atoms with E-state index >= 15 is 0 Å². The molecule has 0 N–H and O–H groups in total. The summed E-state index contributed by atoms with van der Waals surface area (Å²) >= 11 is 0. The van der Waals surface area contributed by atoms with Crippen molar-refractivity contribution in [3.05, 3.63) is 72.6 Å². The van der Waals surface area contributed by atoms with Gasteiger partial charge < -0.3 is 0 Å². The van der Waals surface area contributed by atoms with E-state index in [1.807, 2.05) is 47.4 Å². The van der Waals surface area contributed by atoms with Crippen LogP contribution in [0.4, 0.5) is 0 Å². The summed E-state index contributed by atoms with van der Waals surface area (Å²) in [4.78, 5) is 10.7. The molecule has 0 spiro atoms. The molecule has 5 nitrogen and oxygen atoms in total. The number of benzene rings is 1. The molecule has 2 heterocycles. The normalized spacial score (nSPS) is 11.0. The molecule has 2 aromatic heterocycles. The summed E-state index contributed by atoms with van der Waals surface area (Å²) in [6, 6.07) is 14.1. The molecule has 0 atom stereocenters. The van der Waals surface area contributed by atoms with Gasteiger partial charge in [-0.2, -0.15) is 0 Å². The second kappa shape index (κ2) is 6.95. The number of para-hydroxylation sites is 1. The van der Waals surface area contributed by atoms with E-state index in [0.717, 1.165) is 31.0 Å². The van der Waals surface area contributed by atoms with Crippen LogP contribution in [0.3, 0.4) is 0 Å². The van der Waals surface area contributed by atoms with Gasteiger partial charge in [-0.3, -0.25) is 9.88 Å². The van der Waals surface area contributed by atoms with E-state index < -0.39 is 0 Å². The summed E-state index contributed by atoms with van der Waals surface area (Å²) in [7, 11) is 2.09. The Morgan fingerprint density at radius 3 is 2.59 bits per heavy atom. The van der Waals surface area contributed by atoms with Crippen molar-refractivity contribution in [2.75, 3.05) is 13.6 Å². The molecule has 0 fully saturated rings. The zero-order valence-corrected chi connectivity index (χ0v) is 12.6. The number of rotatable bonds is 6. The lowest BCUT2D eigenvalue weighted by Crippen LogP contribution is -2.21. The van der Waals surface area contributed by atoms with Crippen LogP contribution in [-0.4, -0.2) is 38.2 Å². The first-order chi connectivity index (χ1) is 10.8. The van der Waals surface area contributed by atoms with Crippen molar-refractivity contribution < 1.29 is 0 Å². The molecule has 112 valence electrons. The number of likely N-dealkylation sites (N-methyl/N-ethyl adjacent to an activating group) is 1. The summed E-state index contributed by atoms with van der Waals surface area (Å²) in [5.74, 6) is 0.834. The van der Waals surface area contributed by atoms with Crippen molar-refractivity contribution in [2.24, 2.45) is 0 Å². The Bertz CT molecular complexity index is 693. The molecular formula is C17H19N5. The predicted molar refractivity (Wildman–Crippen MR) is 85.6 cm³/mol. The summed E-state index contributed by atoms with van der Waals surface area (Å²) in [5, 5.41) is 4.53. The molecule has 0 bridgehead atoms. The number of nitrogens with zero attached hydrogens (tertiary/aromatic N) is 5.